The van der Waals surface area contributed by atoms with E-state index in [1.807, 2.05) is 32.5 Å². The predicted octanol–water partition coefficient (Wildman–Crippen LogP) is 0.903. The van der Waals surface area contributed by atoms with Crippen molar-refractivity contribution in [2.24, 2.45) is 14.1 Å². The molecule has 0 radical (unpaired) electrons. The van der Waals surface area contributed by atoms with Gasteiger partial charge in [0.05, 0.1) is 19.8 Å². The smallest absolute Gasteiger partial charge is 0.297 e. The molecule has 0 N–H and O–H groups in total. The van der Waals surface area contributed by atoms with Gasteiger partial charge in [-0.2, -0.15) is 0 Å². The van der Waals surface area contributed by atoms with Crippen molar-refractivity contribution >= 4 is 12.2 Å². The van der Waals surface area contributed by atoms with Crippen molar-refractivity contribution in [3.05, 3.63) is 35.4 Å². The molecule has 22 heavy (non-hydrogen) atoms. The maximum atomic E-state index is 11.5. The average Bonchev–Trinajstić information content (AvgIpc) is 3.02. The minimum absolute atomic E-state index is 0.236. The summed E-state index contributed by atoms with van der Waals surface area (Å²) in [5, 5.41) is 1.15. The van der Waals surface area contributed by atoms with Gasteiger partial charge in [-0.1, -0.05) is 0 Å². The zero-order valence-corrected chi connectivity index (χ0v) is 13.7. The molecular formula is C14H21N5O3. The molecule has 2 rings (SSSR count). The van der Waals surface area contributed by atoms with Crippen molar-refractivity contribution in [2.75, 3.05) is 14.2 Å². The van der Waals surface area contributed by atoms with E-state index >= 15 is 0 Å². The summed E-state index contributed by atoms with van der Waals surface area (Å²) in [6, 6.07) is 0. The highest BCUT2D eigenvalue weighted by atomic mass is 16.7. The highest BCUT2D eigenvalue weighted by Gasteiger charge is 2.17. The number of hydroxylamine groups is 2. The second-order valence-corrected chi connectivity index (χ2v) is 4.72. The molecule has 120 valence electrons. The van der Waals surface area contributed by atoms with E-state index in [0.29, 0.717) is 11.4 Å². The predicted molar refractivity (Wildman–Crippen MR) is 80.4 cm³/mol. The van der Waals surface area contributed by atoms with E-state index in [9.17, 15) is 9.59 Å². The van der Waals surface area contributed by atoms with Gasteiger partial charge in [-0.15, -0.1) is 0 Å². The van der Waals surface area contributed by atoms with Crippen molar-refractivity contribution < 1.29 is 14.4 Å². The Kier molecular flexibility index (Phi) is 6.00. The van der Waals surface area contributed by atoms with Gasteiger partial charge in [0.15, 0.2) is 12.0 Å². The van der Waals surface area contributed by atoms with Crippen LogP contribution < -0.4 is 0 Å². The molecule has 0 spiro atoms. The summed E-state index contributed by atoms with van der Waals surface area (Å²) in [6.45, 7) is 3.69. The molecule has 0 fully saturated rings. The van der Waals surface area contributed by atoms with Crippen LogP contribution in [-0.4, -0.2) is 50.5 Å². The van der Waals surface area contributed by atoms with Gasteiger partial charge < -0.3 is 9.13 Å². The monoisotopic (exact) mass is 307 g/mol. The molecule has 0 unspecified atom stereocenters. The first kappa shape index (κ1) is 17.6. The maximum absolute atomic E-state index is 11.5. The summed E-state index contributed by atoms with van der Waals surface area (Å²) in [5.74, 6) is -0.236. The fourth-order valence-electron chi connectivity index (χ4n) is 1.56. The lowest BCUT2D eigenvalue weighted by atomic mass is 10.3. The fourth-order valence-corrected chi connectivity index (χ4v) is 1.56. The molecule has 8 nitrogen and oxygen atoms in total. The van der Waals surface area contributed by atoms with Crippen LogP contribution in [0.3, 0.4) is 0 Å². The molecule has 0 saturated heterocycles. The number of imidazole rings is 2. The number of hydrogen-bond donors (Lipinski definition) is 0. The van der Waals surface area contributed by atoms with Gasteiger partial charge in [-0.3, -0.25) is 14.4 Å². The van der Waals surface area contributed by atoms with Crippen LogP contribution in [0.2, 0.25) is 0 Å². The second-order valence-electron chi connectivity index (χ2n) is 4.72. The number of nitrogens with zero attached hydrogens (tertiary/aromatic N) is 5. The number of carbonyl (C=O) groups is 2. The van der Waals surface area contributed by atoms with Gasteiger partial charge >= 0.3 is 0 Å². The van der Waals surface area contributed by atoms with Crippen molar-refractivity contribution in [2.45, 2.75) is 13.8 Å². The minimum atomic E-state index is -0.236. The first-order valence-electron chi connectivity index (χ1n) is 6.56. The molecule has 2 heterocycles. The molecule has 0 aliphatic heterocycles. The summed E-state index contributed by atoms with van der Waals surface area (Å²) in [4.78, 5) is 34.3. The zero-order valence-electron chi connectivity index (χ0n) is 13.7. The van der Waals surface area contributed by atoms with Crippen LogP contribution in [0, 0.1) is 13.8 Å². The Morgan fingerprint density at radius 2 is 1.73 bits per heavy atom. The number of aromatic nitrogens is 4. The lowest BCUT2D eigenvalue weighted by molar-refractivity contribution is -0.0760. The third-order valence-corrected chi connectivity index (χ3v) is 3.38. The molecule has 0 aliphatic rings. The number of carbonyl (C=O) groups excluding carboxylic acids is 2. The van der Waals surface area contributed by atoms with Crippen LogP contribution in [0.4, 0.5) is 0 Å². The molecule has 0 bridgehead atoms. The normalized spacial score (nSPS) is 9.91. The highest BCUT2D eigenvalue weighted by Crippen LogP contribution is 2.06. The van der Waals surface area contributed by atoms with E-state index in [1.54, 1.807) is 24.3 Å². The SMILES string of the molecule is CON(C)C(=O)c1ncn(C)c1C.Cc1c(C=O)ncn1C. The Hall–Kier alpha value is -2.48. The third-order valence-electron chi connectivity index (χ3n) is 3.38. The Balaban J connectivity index is 0.000000235. The number of hydrogen-bond acceptors (Lipinski definition) is 5. The van der Waals surface area contributed by atoms with E-state index in [0.717, 1.165) is 22.7 Å². The summed E-state index contributed by atoms with van der Waals surface area (Å²) in [7, 11) is 6.69. The maximum Gasteiger partial charge on any atom is 0.297 e. The molecule has 2 aromatic rings. The van der Waals surface area contributed by atoms with Gasteiger partial charge in [0.25, 0.3) is 5.91 Å². The van der Waals surface area contributed by atoms with E-state index in [4.69, 9.17) is 4.84 Å². The number of aryl methyl sites for hydroxylation is 2. The summed E-state index contributed by atoms with van der Waals surface area (Å²) < 4.78 is 3.60. The van der Waals surface area contributed by atoms with Crippen molar-refractivity contribution in [1.82, 2.24) is 24.2 Å². The van der Waals surface area contributed by atoms with Gasteiger partial charge in [0.1, 0.15) is 5.69 Å². The molecule has 1 amide bonds. The summed E-state index contributed by atoms with van der Waals surface area (Å²) >= 11 is 0. The fraction of sp³-hybridized carbons (Fsp3) is 0.429. The summed E-state index contributed by atoms with van der Waals surface area (Å²) in [6.07, 6.45) is 3.99. The van der Waals surface area contributed by atoms with Crippen LogP contribution in [0.25, 0.3) is 0 Å². The van der Waals surface area contributed by atoms with E-state index in [1.165, 1.54) is 7.11 Å². The first-order chi connectivity index (χ1) is 10.3. The Morgan fingerprint density at radius 1 is 1.18 bits per heavy atom. The quantitative estimate of drug-likeness (QED) is 0.621. The van der Waals surface area contributed by atoms with Crippen molar-refractivity contribution in [1.29, 1.82) is 0 Å². The standard InChI is InChI=1S/C8H13N3O2.C6H8N2O/c1-6-7(9-5-10(6)2)8(12)11(3)13-4;1-5-6(3-9)7-4-8(5)2/h5H,1-4H3;3-4H,1-2H3. The van der Waals surface area contributed by atoms with Gasteiger partial charge in [0.2, 0.25) is 0 Å². The molecular weight excluding hydrogens is 286 g/mol. The van der Waals surface area contributed by atoms with Gasteiger partial charge in [-0.25, -0.2) is 15.0 Å². The third kappa shape index (κ3) is 3.79. The molecule has 2 aromatic heterocycles. The molecule has 0 saturated carbocycles. The van der Waals surface area contributed by atoms with Crippen molar-refractivity contribution in [3.8, 4) is 0 Å². The largest absolute Gasteiger partial charge is 0.337 e. The minimum Gasteiger partial charge on any atom is -0.337 e. The van der Waals surface area contributed by atoms with Crippen LogP contribution >= 0.6 is 0 Å². The van der Waals surface area contributed by atoms with Crippen LogP contribution in [-0.2, 0) is 18.9 Å². The van der Waals surface area contributed by atoms with Crippen LogP contribution in [0.5, 0.6) is 0 Å². The zero-order chi connectivity index (χ0) is 16.9. The Morgan fingerprint density at radius 3 is 2.05 bits per heavy atom. The van der Waals surface area contributed by atoms with Gasteiger partial charge in [-0.05, 0) is 13.8 Å². The second kappa shape index (κ2) is 7.51. The van der Waals surface area contributed by atoms with Crippen LogP contribution in [0.15, 0.2) is 12.7 Å². The van der Waals surface area contributed by atoms with E-state index < -0.39 is 0 Å². The Bertz CT molecular complexity index is 659. The molecule has 8 heteroatoms. The topological polar surface area (TPSA) is 82.2 Å². The molecule has 0 aliphatic carbocycles. The average molecular weight is 307 g/mol. The number of aldehydes is 1. The Labute approximate surface area is 129 Å². The van der Waals surface area contributed by atoms with Crippen molar-refractivity contribution in [3.63, 3.8) is 0 Å². The highest BCUT2D eigenvalue weighted by molar-refractivity contribution is 5.92. The molecule has 0 atom stereocenters. The molecule has 0 aromatic carbocycles. The lowest BCUT2D eigenvalue weighted by Gasteiger charge is -2.12. The number of amides is 1. The summed E-state index contributed by atoms with van der Waals surface area (Å²) in [5.41, 5.74) is 2.68. The van der Waals surface area contributed by atoms with Gasteiger partial charge in [0, 0.05) is 32.5 Å². The number of rotatable bonds is 3. The lowest BCUT2D eigenvalue weighted by Crippen LogP contribution is -2.26. The first-order valence-corrected chi connectivity index (χ1v) is 6.56. The van der Waals surface area contributed by atoms with E-state index in [-0.39, 0.29) is 5.91 Å². The van der Waals surface area contributed by atoms with E-state index in [2.05, 4.69) is 9.97 Å². The van der Waals surface area contributed by atoms with Crippen LogP contribution in [0.1, 0.15) is 32.4 Å².